The van der Waals surface area contributed by atoms with Gasteiger partial charge >= 0.3 is 0 Å². The predicted molar refractivity (Wildman–Crippen MR) is 73.7 cm³/mol. The van der Waals surface area contributed by atoms with Crippen molar-refractivity contribution in [1.82, 2.24) is 4.57 Å². The van der Waals surface area contributed by atoms with Gasteiger partial charge < -0.3 is 9.67 Å². The number of nitrogens with zero attached hydrogens (tertiary/aromatic N) is 1. The van der Waals surface area contributed by atoms with Gasteiger partial charge in [0.05, 0.1) is 6.10 Å². The summed E-state index contributed by atoms with van der Waals surface area (Å²) in [4.78, 5) is 0. The number of aromatic nitrogens is 1. The molecule has 1 fully saturated rings. The van der Waals surface area contributed by atoms with Crippen LogP contribution in [0.3, 0.4) is 0 Å². The molecule has 2 heteroatoms. The summed E-state index contributed by atoms with van der Waals surface area (Å²) in [5.74, 6) is 0.863. The molecular formula is C16H25NO. The topological polar surface area (TPSA) is 25.2 Å². The molecule has 0 aromatic carbocycles. The van der Waals surface area contributed by atoms with Gasteiger partial charge in [-0.25, -0.2) is 0 Å². The lowest BCUT2D eigenvalue weighted by molar-refractivity contribution is 0.0973. The largest absolute Gasteiger partial charge is 0.388 e. The monoisotopic (exact) mass is 247 g/mol. The maximum absolute atomic E-state index is 10.4. The summed E-state index contributed by atoms with van der Waals surface area (Å²) in [6.45, 7) is 9.08. The lowest BCUT2D eigenvalue weighted by Gasteiger charge is -2.35. The van der Waals surface area contributed by atoms with Gasteiger partial charge in [-0.2, -0.15) is 0 Å². The lowest BCUT2D eigenvalue weighted by atomic mass is 9.75. The molecule has 1 N–H and O–H groups in total. The second kappa shape index (κ2) is 3.86. The van der Waals surface area contributed by atoms with Crippen LogP contribution >= 0.6 is 0 Å². The lowest BCUT2D eigenvalue weighted by Crippen LogP contribution is -2.27. The van der Waals surface area contributed by atoms with Crippen molar-refractivity contribution in [3.63, 3.8) is 0 Å². The van der Waals surface area contributed by atoms with Gasteiger partial charge in [-0.05, 0) is 56.9 Å². The van der Waals surface area contributed by atoms with E-state index in [4.69, 9.17) is 0 Å². The molecule has 2 nitrogen and oxygen atoms in total. The number of rotatable bonds is 2. The summed E-state index contributed by atoms with van der Waals surface area (Å²) in [6, 6.07) is 2.82. The minimum absolute atomic E-state index is 0.220. The van der Waals surface area contributed by atoms with E-state index in [1.165, 1.54) is 29.8 Å². The first-order chi connectivity index (χ1) is 8.39. The van der Waals surface area contributed by atoms with Crippen LogP contribution in [0.1, 0.15) is 69.1 Å². The third-order valence-electron chi connectivity index (χ3n) is 4.83. The number of hydrogen-bond donors (Lipinski definition) is 1. The molecule has 0 aliphatic heterocycles. The van der Waals surface area contributed by atoms with Crippen LogP contribution in [0, 0.1) is 18.3 Å². The Kier molecular flexibility index (Phi) is 2.64. The number of fused-ring (bicyclic) bond motifs is 1. The standard InChI is InChI=1S/C16H25NO/c1-10-7-13-14(8-16(3,4)9-15(13)18)17(10)11(2)12-5-6-12/h7,11-12,15,18H,5-6,8-9H2,1-4H3. The van der Waals surface area contributed by atoms with Crippen molar-refractivity contribution in [1.29, 1.82) is 0 Å². The Morgan fingerprint density at radius 2 is 2.06 bits per heavy atom. The Morgan fingerprint density at radius 1 is 1.39 bits per heavy atom. The third-order valence-corrected chi connectivity index (χ3v) is 4.83. The second-order valence-electron chi connectivity index (χ2n) is 7.20. The zero-order chi connectivity index (χ0) is 13.1. The molecule has 1 heterocycles. The molecule has 0 spiro atoms. The first kappa shape index (κ1) is 12.3. The highest BCUT2D eigenvalue weighted by Gasteiger charge is 2.37. The molecule has 0 radical (unpaired) electrons. The van der Waals surface area contributed by atoms with E-state index < -0.39 is 0 Å². The van der Waals surface area contributed by atoms with Gasteiger partial charge in [0.25, 0.3) is 0 Å². The molecule has 2 aliphatic carbocycles. The fourth-order valence-corrected chi connectivity index (χ4v) is 3.72. The van der Waals surface area contributed by atoms with E-state index in [9.17, 15) is 5.11 Å². The average molecular weight is 247 g/mol. The molecule has 0 amide bonds. The maximum atomic E-state index is 10.4. The molecule has 3 rings (SSSR count). The molecule has 1 saturated carbocycles. The Morgan fingerprint density at radius 3 is 2.67 bits per heavy atom. The molecule has 100 valence electrons. The molecule has 1 aromatic rings. The van der Waals surface area contributed by atoms with Crippen LogP contribution in [0.2, 0.25) is 0 Å². The Balaban J connectivity index is 2.05. The van der Waals surface area contributed by atoms with Crippen molar-refractivity contribution in [2.24, 2.45) is 11.3 Å². The number of hydrogen-bond acceptors (Lipinski definition) is 1. The molecular weight excluding hydrogens is 222 g/mol. The molecule has 18 heavy (non-hydrogen) atoms. The Hall–Kier alpha value is -0.760. The van der Waals surface area contributed by atoms with E-state index in [2.05, 4.69) is 38.3 Å². The Bertz CT molecular complexity index is 468. The van der Waals surface area contributed by atoms with Crippen molar-refractivity contribution in [2.75, 3.05) is 0 Å². The molecule has 0 saturated heterocycles. The molecule has 2 atom stereocenters. The summed E-state index contributed by atoms with van der Waals surface area (Å²) >= 11 is 0. The highest BCUT2D eigenvalue weighted by atomic mass is 16.3. The summed E-state index contributed by atoms with van der Waals surface area (Å²) < 4.78 is 2.51. The minimum atomic E-state index is -0.268. The van der Waals surface area contributed by atoms with E-state index in [-0.39, 0.29) is 11.5 Å². The van der Waals surface area contributed by atoms with Gasteiger partial charge in [-0.1, -0.05) is 13.8 Å². The summed E-state index contributed by atoms with van der Waals surface area (Å²) in [6.07, 6.45) is 4.47. The van der Waals surface area contributed by atoms with Crippen molar-refractivity contribution in [3.05, 3.63) is 23.0 Å². The van der Waals surface area contributed by atoms with Crippen molar-refractivity contribution in [3.8, 4) is 0 Å². The predicted octanol–water partition coefficient (Wildman–Crippen LogP) is 3.77. The first-order valence-electron chi connectivity index (χ1n) is 7.28. The smallest absolute Gasteiger partial charge is 0.0812 e. The van der Waals surface area contributed by atoms with Crippen molar-refractivity contribution < 1.29 is 5.11 Å². The van der Waals surface area contributed by atoms with E-state index in [1.807, 2.05) is 0 Å². The minimum Gasteiger partial charge on any atom is -0.388 e. The molecule has 2 aliphatic rings. The molecule has 1 aromatic heterocycles. The van der Waals surface area contributed by atoms with Crippen LogP contribution in [-0.2, 0) is 6.42 Å². The van der Waals surface area contributed by atoms with Crippen LogP contribution in [-0.4, -0.2) is 9.67 Å². The van der Waals surface area contributed by atoms with E-state index in [1.54, 1.807) is 0 Å². The average Bonchev–Trinajstić information content (AvgIpc) is 3.01. The van der Waals surface area contributed by atoms with Crippen LogP contribution < -0.4 is 0 Å². The van der Waals surface area contributed by atoms with Crippen LogP contribution in [0.5, 0.6) is 0 Å². The SMILES string of the molecule is Cc1cc2c(n1C(C)C1CC1)CC(C)(C)CC2O. The van der Waals surface area contributed by atoms with Gasteiger partial charge in [0, 0.05) is 23.0 Å². The van der Waals surface area contributed by atoms with Crippen LogP contribution in [0.15, 0.2) is 6.07 Å². The van der Waals surface area contributed by atoms with E-state index in [0.29, 0.717) is 6.04 Å². The summed E-state index contributed by atoms with van der Waals surface area (Å²) in [5, 5.41) is 10.4. The van der Waals surface area contributed by atoms with Crippen LogP contribution in [0.25, 0.3) is 0 Å². The van der Waals surface area contributed by atoms with E-state index >= 15 is 0 Å². The molecule has 2 unspecified atom stereocenters. The third kappa shape index (κ3) is 1.91. The van der Waals surface area contributed by atoms with Crippen molar-refractivity contribution in [2.45, 2.75) is 65.5 Å². The quantitative estimate of drug-likeness (QED) is 0.845. The fraction of sp³-hybridized carbons (Fsp3) is 0.750. The normalized spacial score (nSPS) is 27.9. The molecule has 0 bridgehead atoms. The zero-order valence-corrected chi connectivity index (χ0v) is 12.0. The fourth-order valence-electron chi connectivity index (χ4n) is 3.72. The van der Waals surface area contributed by atoms with Gasteiger partial charge in [-0.15, -0.1) is 0 Å². The second-order valence-corrected chi connectivity index (χ2v) is 7.20. The van der Waals surface area contributed by atoms with Gasteiger partial charge in [0.1, 0.15) is 0 Å². The highest BCUT2D eigenvalue weighted by molar-refractivity contribution is 5.34. The zero-order valence-electron chi connectivity index (χ0n) is 12.0. The Labute approximate surface area is 110 Å². The van der Waals surface area contributed by atoms with Crippen molar-refractivity contribution >= 4 is 0 Å². The number of aliphatic hydroxyl groups is 1. The van der Waals surface area contributed by atoms with Gasteiger partial charge in [0.15, 0.2) is 0 Å². The maximum Gasteiger partial charge on any atom is 0.0812 e. The number of aryl methyl sites for hydroxylation is 1. The van der Waals surface area contributed by atoms with Gasteiger partial charge in [0.2, 0.25) is 0 Å². The number of aliphatic hydroxyl groups excluding tert-OH is 1. The summed E-state index contributed by atoms with van der Waals surface area (Å²) in [5.41, 5.74) is 4.14. The van der Waals surface area contributed by atoms with Crippen LogP contribution in [0.4, 0.5) is 0 Å². The van der Waals surface area contributed by atoms with Gasteiger partial charge in [-0.3, -0.25) is 0 Å². The summed E-state index contributed by atoms with van der Waals surface area (Å²) in [7, 11) is 0. The van der Waals surface area contributed by atoms with E-state index in [0.717, 1.165) is 18.8 Å². The highest BCUT2D eigenvalue weighted by Crippen LogP contribution is 2.46. The first-order valence-corrected chi connectivity index (χ1v) is 7.28.